The molecule has 0 aliphatic rings. The number of thiazole rings is 1. The van der Waals surface area contributed by atoms with Crippen molar-refractivity contribution in [2.45, 2.75) is 13.8 Å². The summed E-state index contributed by atoms with van der Waals surface area (Å²) in [6, 6.07) is 13.7. The number of rotatable bonds is 1. The Morgan fingerprint density at radius 1 is 1.05 bits per heavy atom. The second-order valence-electron chi connectivity index (χ2n) is 5.20. The molecular weight excluding hydrogens is 280 g/mol. The van der Waals surface area contributed by atoms with Gasteiger partial charge in [-0.15, -0.1) is 0 Å². The topological polar surface area (TPSA) is 34.4 Å². The van der Waals surface area contributed by atoms with Gasteiger partial charge in [-0.3, -0.25) is 4.79 Å². The Balaban J connectivity index is 2.09. The van der Waals surface area contributed by atoms with Gasteiger partial charge in [-0.05, 0) is 43.7 Å². The summed E-state index contributed by atoms with van der Waals surface area (Å²) in [5.41, 5.74) is 4.06. The van der Waals surface area contributed by atoms with Gasteiger partial charge in [-0.1, -0.05) is 35.1 Å². The number of benzene rings is 2. The molecule has 1 aromatic heterocycles. The Morgan fingerprint density at radius 2 is 1.71 bits per heavy atom. The molecular formula is C17H16N2OS. The first kappa shape index (κ1) is 13.8. The third kappa shape index (κ3) is 2.67. The number of carbonyl (C=O) groups excluding carboxylic acids is 1. The molecule has 2 aromatic carbocycles. The lowest BCUT2D eigenvalue weighted by molar-refractivity contribution is 0.0998. The fourth-order valence-electron chi connectivity index (χ4n) is 2.20. The summed E-state index contributed by atoms with van der Waals surface area (Å²) >= 11 is 1.54. The summed E-state index contributed by atoms with van der Waals surface area (Å²) in [6.07, 6.45) is 0. The fraction of sp³-hybridized carbons (Fsp3) is 0.176. The van der Waals surface area contributed by atoms with Crippen molar-refractivity contribution in [1.29, 1.82) is 0 Å². The van der Waals surface area contributed by atoms with Crippen molar-refractivity contribution in [3.05, 3.63) is 64.0 Å². The van der Waals surface area contributed by atoms with Crippen molar-refractivity contribution >= 4 is 27.5 Å². The van der Waals surface area contributed by atoms with Crippen molar-refractivity contribution in [1.82, 2.24) is 4.57 Å². The monoisotopic (exact) mass is 296 g/mol. The van der Waals surface area contributed by atoms with E-state index < -0.39 is 0 Å². The normalized spacial score (nSPS) is 12.0. The van der Waals surface area contributed by atoms with E-state index >= 15 is 0 Å². The number of aryl methyl sites for hydroxylation is 3. The smallest absolute Gasteiger partial charge is 0.279 e. The predicted molar refractivity (Wildman–Crippen MR) is 86.6 cm³/mol. The van der Waals surface area contributed by atoms with Crippen molar-refractivity contribution in [2.75, 3.05) is 0 Å². The minimum absolute atomic E-state index is 0.200. The van der Waals surface area contributed by atoms with Gasteiger partial charge in [0.15, 0.2) is 4.80 Å². The molecule has 106 valence electrons. The number of hydrogen-bond acceptors (Lipinski definition) is 2. The molecule has 3 nitrogen and oxygen atoms in total. The van der Waals surface area contributed by atoms with Gasteiger partial charge in [0, 0.05) is 12.6 Å². The van der Waals surface area contributed by atoms with Crippen LogP contribution < -0.4 is 4.80 Å². The molecule has 0 saturated carbocycles. The van der Waals surface area contributed by atoms with E-state index in [2.05, 4.69) is 30.1 Å². The van der Waals surface area contributed by atoms with Gasteiger partial charge in [-0.2, -0.15) is 4.99 Å². The fourth-order valence-corrected chi connectivity index (χ4v) is 3.31. The Morgan fingerprint density at radius 3 is 2.43 bits per heavy atom. The Kier molecular flexibility index (Phi) is 3.47. The summed E-state index contributed by atoms with van der Waals surface area (Å²) in [6.45, 7) is 4.06. The number of hydrogen-bond donors (Lipinski definition) is 0. The maximum Gasteiger partial charge on any atom is 0.279 e. The summed E-state index contributed by atoms with van der Waals surface area (Å²) < 4.78 is 3.11. The van der Waals surface area contributed by atoms with Gasteiger partial charge < -0.3 is 4.57 Å². The van der Waals surface area contributed by atoms with Crippen LogP contribution >= 0.6 is 11.3 Å². The van der Waals surface area contributed by atoms with Crippen LogP contribution in [0.15, 0.2) is 47.5 Å². The molecule has 0 N–H and O–H groups in total. The number of nitrogens with zero attached hydrogens (tertiary/aromatic N) is 2. The molecule has 0 spiro atoms. The molecule has 0 aliphatic heterocycles. The van der Waals surface area contributed by atoms with Crippen LogP contribution in [0, 0.1) is 13.8 Å². The highest BCUT2D eigenvalue weighted by Gasteiger charge is 2.07. The molecule has 0 unspecified atom stereocenters. The molecule has 0 fully saturated rings. The van der Waals surface area contributed by atoms with Crippen molar-refractivity contribution in [3.8, 4) is 0 Å². The molecule has 3 aromatic rings. The summed E-state index contributed by atoms with van der Waals surface area (Å²) in [4.78, 5) is 17.2. The summed E-state index contributed by atoms with van der Waals surface area (Å²) in [5.74, 6) is -0.200. The molecule has 21 heavy (non-hydrogen) atoms. The van der Waals surface area contributed by atoms with Crippen LogP contribution in [0.25, 0.3) is 10.2 Å². The molecule has 0 atom stereocenters. The van der Waals surface area contributed by atoms with E-state index in [1.807, 2.05) is 42.8 Å². The van der Waals surface area contributed by atoms with Gasteiger partial charge in [-0.25, -0.2) is 0 Å². The highest BCUT2D eigenvalue weighted by molar-refractivity contribution is 7.16. The molecule has 0 bridgehead atoms. The van der Waals surface area contributed by atoms with Crippen molar-refractivity contribution < 1.29 is 4.79 Å². The van der Waals surface area contributed by atoms with Crippen molar-refractivity contribution in [2.24, 2.45) is 12.0 Å². The van der Waals surface area contributed by atoms with Crippen LogP contribution in [-0.4, -0.2) is 10.5 Å². The SMILES string of the molecule is Cc1ccc(C(=O)N=c2sc3cc(C)ccc3n2C)cc1. The summed E-state index contributed by atoms with van der Waals surface area (Å²) in [5, 5.41) is 0. The minimum Gasteiger partial charge on any atom is -0.319 e. The van der Waals surface area contributed by atoms with E-state index in [4.69, 9.17) is 0 Å². The molecule has 0 aliphatic carbocycles. The number of fused-ring (bicyclic) bond motifs is 1. The van der Waals surface area contributed by atoms with Crippen LogP contribution in [0.4, 0.5) is 0 Å². The largest absolute Gasteiger partial charge is 0.319 e. The molecule has 0 radical (unpaired) electrons. The average molecular weight is 296 g/mol. The first-order chi connectivity index (χ1) is 10.0. The highest BCUT2D eigenvalue weighted by atomic mass is 32.1. The standard InChI is InChI=1S/C17H16N2OS/c1-11-4-7-13(8-5-11)16(20)18-17-19(3)14-9-6-12(2)10-15(14)21-17/h4-10H,1-3H3. The first-order valence-corrected chi connectivity index (χ1v) is 7.58. The van der Waals surface area contributed by atoms with E-state index in [1.54, 1.807) is 0 Å². The predicted octanol–water partition coefficient (Wildman–Crippen LogP) is 3.60. The molecule has 1 amide bonds. The molecule has 4 heteroatoms. The Bertz CT molecular complexity index is 885. The van der Waals surface area contributed by atoms with Gasteiger partial charge in [0.2, 0.25) is 0 Å². The molecule has 3 rings (SSSR count). The quantitative estimate of drug-likeness (QED) is 0.675. The van der Waals surface area contributed by atoms with E-state index in [-0.39, 0.29) is 5.91 Å². The Hall–Kier alpha value is -2.20. The summed E-state index contributed by atoms with van der Waals surface area (Å²) in [7, 11) is 1.94. The van der Waals surface area contributed by atoms with E-state index in [0.717, 1.165) is 20.6 Å². The first-order valence-electron chi connectivity index (χ1n) is 6.76. The van der Waals surface area contributed by atoms with Crippen LogP contribution in [0.1, 0.15) is 21.5 Å². The lowest BCUT2D eigenvalue weighted by atomic mass is 10.1. The third-order valence-electron chi connectivity index (χ3n) is 3.46. The zero-order valence-electron chi connectivity index (χ0n) is 12.3. The van der Waals surface area contributed by atoms with E-state index in [1.165, 1.54) is 16.9 Å². The van der Waals surface area contributed by atoms with Gasteiger partial charge >= 0.3 is 0 Å². The van der Waals surface area contributed by atoms with Crippen LogP contribution in [-0.2, 0) is 7.05 Å². The van der Waals surface area contributed by atoms with Crippen LogP contribution in [0.3, 0.4) is 0 Å². The van der Waals surface area contributed by atoms with Crippen LogP contribution in [0.2, 0.25) is 0 Å². The molecule has 0 saturated heterocycles. The number of aromatic nitrogens is 1. The highest BCUT2D eigenvalue weighted by Crippen LogP contribution is 2.18. The average Bonchev–Trinajstić information content (AvgIpc) is 2.75. The second-order valence-corrected chi connectivity index (χ2v) is 6.21. The van der Waals surface area contributed by atoms with Gasteiger partial charge in [0.25, 0.3) is 5.91 Å². The van der Waals surface area contributed by atoms with Gasteiger partial charge in [0.05, 0.1) is 10.2 Å². The third-order valence-corrected chi connectivity index (χ3v) is 4.56. The minimum atomic E-state index is -0.200. The zero-order valence-corrected chi connectivity index (χ0v) is 13.1. The zero-order chi connectivity index (χ0) is 15.0. The maximum absolute atomic E-state index is 12.2. The van der Waals surface area contributed by atoms with Crippen LogP contribution in [0.5, 0.6) is 0 Å². The number of carbonyl (C=O) groups is 1. The number of amides is 1. The molecule has 1 heterocycles. The van der Waals surface area contributed by atoms with E-state index in [0.29, 0.717) is 5.56 Å². The lowest BCUT2D eigenvalue weighted by Gasteiger charge is -1.97. The second kappa shape index (κ2) is 5.30. The maximum atomic E-state index is 12.2. The van der Waals surface area contributed by atoms with E-state index in [9.17, 15) is 4.79 Å². The van der Waals surface area contributed by atoms with Gasteiger partial charge in [0.1, 0.15) is 0 Å². The van der Waals surface area contributed by atoms with Crippen molar-refractivity contribution in [3.63, 3.8) is 0 Å². The Labute approximate surface area is 127 Å². The lowest BCUT2D eigenvalue weighted by Crippen LogP contribution is -2.13.